The SMILES string of the molecule is COc1ccc2c(c1)C(=O)N(CC(C)O)C2=O. The summed E-state index contributed by atoms with van der Waals surface area (Å²) in [6.07, 6.45) is -0.737. The minimum Gasteiger partial charge on any atom is -0.497 e. The van der Waals surface area contributed by atoms with Gasteiger partial charge < -0.3 is 9.84 Å². The number of nitrogens with zero attached hydrogens (tertiary/aromatic N) is 1. The average molecular weight is 235 g/mol. The van der Waals surface area contributed by atoms with Gasteiger partial charge in [0.15, 0.2) is 0 Å². The van der Waals surface area contributed by atoms with E-state index in [2.05, 4.69) is 0 Å². The second-order valence-electron chi connectivity index (χ2n) is 3.98. The van der Waals surface area contributed by atoms with E-state index in [-0.39, 0.29) is 18.4 Å². The van der Waals surface area contributed by atoms with Gasteiger partial charge in [0.1, 0.15) is 5.75 Å². The molecule has 1 aliphatic heterocycles. The number of imide groups is 1. The molecule has 0 saturated carbocycles. The van der Waals surface area contributed by atoms with Crippen LogP contribution in [-0.2, 0) is 0 Å². The molecule has 0 saturated heterocycles. The predicted octanol–water partition coefficient (Wildman–Crippen LogP) is 0.672. The predicted molar refractivity (Wildman–Crippen MR) is 60.0 cm³/mol. The van der Waals surface area contributed by atoms with Crippen molar-refractivity contribution in [1.29, 1.82) is 0 Å². The molecule has 1 aromatic carbocycles. The zero-order valence-corrected chi connectivity index (χ0v) is 9.64. The van der Waals surface area contributed by atoms with E-state index in [1.807, 2.05) is 0 Å². The number of aliphatic hydroxyl groups is 1. The Labute approximate surface area is 98.6 Å². The molecule has 2 rings (SSSR count). The van der Waals surface area contributed by atoms with Crippen LogP contribution in [0.5, 0.6) is 5.75 Å². The van der Waals surface area contributed by atoms with Gasteiger partial charge >= 0.3 is 0 Å². The summed E-state index contributed by atoms with van der Waals surface area (Å²) in [7, 11) is 1.50. The highest BCUT2D eigenvalue weighted by molar-refractivity contribution is 6.21. The van der Waals surface area contributed by atoms with Crippen molar-refractivity contribution in [3.63, 3.8) is 0 Å². The topological polar surface area (TPSA) is 66.8 Å². The summed E-state index contributed by atoms with van der Waals surface area (Å²) in [5, 5.41) is 9.26. The summed E-state index contributed by atoms with van der Waals surface area (Å²) >= 11 is 0. The van der Waals surface area contributed by atoms with Crippen molar-refractivity contribution >= 4 is 11.8 Å². The maximum atomic E-state index is 11.9. The Morgan fingerprint density at radius 3 is 2.53 bits per heavy atom. The monoisotopic (exact) mass is 235 g/mol. The van der Waals surface area contributed by atoms with Crippen molar-refractivity contribution in [3.8, 4) is 5.75 Å². The smallest absolute Gasteiger partial charge is 0.261 e. The molecule has 0 radical (unpaired) electrons. The van der Waals surface area contributed by atoms with Gasteiger partial charge in [-0.1, -0.05) is 0 Å². The number of benzene rings is 1. The van der Waals surface area contributed by atoms with Gasteiger partial charge in [-0.15, -0.1) is 0 Å². The van der Waals surface area contributed by atoms with Gasteiger partial charge in [-0.2, -0.15) is 0 Å². The zero-order chi connectivity index (χ0) is 12.6. The lowest BCUT2D eigenvalue weighted by molar-refractivity contribution is 0.0563. The van der Waals surface area contributed by atoms with E-state index in [9.17, 15) is 14.7 Å². The number of methoxy groups -OCH3 is 1. The van der Waals surface area contributed by atoms with Crippen LogP contribution in [-0.4, -0.2) is 41.6 Å². The Morgan fingerprint density at radius 2 is 1.94 bits per heavy atom. The number of hydrogen-bond donors (Lipinski definition) is 1. The van der Waals surface area contributed by atoms with Gasteiger partial charge in [0.25, 0.3) is 11.8 Å². The van der Waals surface area contributed by atoms with Gasteiger partial charge in [-0.25, -0.2) is 0 Å². The molecular formula is C12H13NO4. The summed E-state index contributed by atoms with van der Waals surface area (Å²) in [6.45, 7) is 1.54. The summed E-state index contributed by atoms with van der Waals surface area (Å²) in [6, 6.07) is 4.74. The molecular weight excluding hydrogens is 222 g/mol. The Kier molecular flexibility index (Phi) is 2.85. The van der Waals surface area contributed by atoms with Crippen LogP contribution in [0.15, 0.2) is 18.2 Å². The summed E-state index contributed by atoms with van der Waals surface area (Å²) in [4.78, 5) is 24.9. The molecule has 2 amide bonds. The van der Waals surface area contributed by atoms with Gasteiger partial charge in [0.2, 0.25) is 0 Å². The highest BCUT2D eigenvalue weighted by Crippen LogP contribution is 2.26. The van der Waals surface area contributed by atoms with E-state index >= 15 is 0 Å². The first-order valence-corrected chi connectivity index (χ1v) is 5.27. The lowest BCUT2D eigenvalue weighted by atomic mass is 10.1. The van der Waals surface area contributed by atoms with E-state index in [4.69, 9.17) is 4.74 Å². The van der Waals surface area contributed by atoms with Crippen molar-refractivity contribution in [2.45, 2.75) is 13.0 Å². The van der Waals surface area contributed by atoms with Gasteiger partial charge in [-0.05, 0) is 25.1 Å². The number of amides is 2. The molecule has 1 aromatic rings. The normalized spacial score (nSPS) is 16.1. The number of carbonyl (C=O) groups excluding carboxylic acids is 2. The fourth-order valence-electron chi connectivity index (χ4n) is 1.83. The van der Waals surface area contributed by atoms with Crippen LogP contribution in [0.2, 0.25) is 0 Å². The Bertz CT molecular complexity index is 481. The first-order valence-electron chi connectivity index (χ1n) is 5.27. The van der Waals surface area contributed by atoms with Crippen LogP contribution in [0.1, 0.15) is 27.6 Å². The Hall–Kier alpha value is -1.88. The second-order valence-corrected chi connectivity index (χ2v) is 3.98. The van der Waals surface area contributed by atoms with Crippen LogP contribution in [0.25, 0.3) is 0 Å². The molecule has 0 spiro atoms. The maximum absolute atomic E-state index is 11.9. The minimum absolute atomic E-state index is 0.00859. The van der Waals surface area contributed by atoms with E-state index in [1.54, 1.807) is 12.1 Å². The van der Waals surface area contributed by atoms with Crippen LogP contribution in [0.3, 0.4) is 0 Å². The summed E-state index contributed by atoms with van der Waals surface area (Å²) < 4.78 is 5.01. The number of ether oxygens (including phenoxy) is 1. The maximum Gasteiger partial charge on any atom is 0.261 e. The van der Waals surface area contributed by atoms with Crippen LogP contribution in [0.4, 0.5) is 0 Å². The molecule has 0 aromatic heterocycles. The number of rotatable bonds is 3. The number of carbonyl (C=O) groups is 2. The summed E-state index contributed by atoms with van der Waals surface area (Å²) in [5.41, 5.74) is 0.687. The van der Waals surface area contributed by atoms with E-state index in [1.165, 1.54) is 20.1 Å². The molecule has 1 N–H and O–H groups in total. The molecule has 0 aliphatic carbocycles. The lowest BCUT2D eigenvalue weighted by Crippen LogP contribution is -2.35. The third kappa shape index (κ3) is 1.89. The molecule has 0 bridgehead atoms. The Balaban J connectivity index is 2.38. The second kappa shape index (κ2) is 4.18. The standard InChI is InChI=1S/C12H13NO4/c1-7(14)6-13-11(15)9-4-3-8(17-2)5-10(9)12(13)16/h3-5,7,14H,6H2,1-2H3. The number of fused-ring (bicyclic) bond motifs is 1. The van der Waals surface area contributed by atoms with Gasteiger partial charge in [0.05, 0.1) is 30.9 Å². The fraction of sp³-hybridized carbons (Fsp3) is 0.333. The molecule has 5 heteroatoms. The first kappa shape index (κ1) is 11.6. The molecule has 1 heterocycles. The van der Waals surface area contributed by atoms with Crippen molar-refractivity contribution in [3.05, 3.63) is 29.3 Å². The van der Waals surface area contributed by atoms with E-state index < -0.39 is 6.10 Å². The fourth-order valence-corrected chi connectivity index (χ4v) is 1.83. The third-order valence-corrected chi connectivity index (χ3v) is 2.62. The molecule has 1 aliphatic rings. The number of aliphatic hydroxyl groups excluding tert-OH is 1. The molecule has 1 atom stereocenters. The van der Waals surface area contributed by atoms with Crippen molar-refractivity contribution in [1.82, 2.24) is 4.90 Å². The number of β-amino-alcohol motifs (C(OH)–C–C–N with tert-alkyl or cyclic N) is 1. The van der Waals surface area contributed by atoms with Gasteiger partial charge in [0, 0.05) is 0 Å². The molecule has 1 unspecified atom stereocenters. The average Bonchev–Trinajstić information content (AvgIpc) is 2.53. The largest absolute Gasteiger partial charge is 0.497 e. The highest BCUT2D eigenvalue weighted by Gasteiger charge is 2.36. The zero-order valence-electron chi connectivity index (χ0n) is 9.64. The van der Waals surface area contributed by atoms with Crippen LogP contribution < -0.4 is 4.74 Å². The molecule has 5 nitrogen and oxygen atoms in total. The van der Waals surface area contributed by atoms with Gasteiger partial charge in [-0.3, -0.25) is 14.5 Å². The van der Waals surface area contributed by atoms with Crippen LogP contribution >= 0.6 is 0 Å². The quantitative estimate of drug-likeness (QED) is 0.782. The van der Waals surface area contributed by atoms with Crippen molar-refractivity contribution in [2.24, 2.45) is 0 Å². The first-order chi connectivity index (χ1) is 8.04. The molecule has 90 valence electrons. The number of hydrogen-bond acceptors (Lipinski definition) is 4. The minimum atomic E-state index is -0.737. The lowest BCUT2D eigenvalue weighted by Gasteiger charge is -2.15. The molecule has 0 fully saturated rings. The highest BCUT2D eigenvalue weighted by atomic mass is 16.5. The summed E-state index contributed by atoms with van der Waals surface area (Å²) in [5.74, 6) is -0.220. The van der Waals surface area contributed by atoms with Crippen molar-refractivity contribution in [2.75, 3.05) is 13.7 Å². The van der Waals surface area contributed by atoms with Crippen molar-refractivity contribution < 1.29 is 19.4 Å². The van der Waals surface area contributed by atoms with E-state index in [0.717, 1.165) is 4.90 Å². The van der Waals surface area contributed by atoms with Crippen LogP contribution in [0, 0.1) is 0 Å². The third-order valence-electron chi connectivity index (χ3n) is 2.62. The van der Waals surface area contributed by atoms with E-state index in [0.29, 0.717) is 16.9 Å². The molecule has 17 heavy (non-hydrogen) atoms. The Morgan fingerprint density at radius 1 is 1.29 bits per heavy atom.